The Hall–Kier alpha value is -5.39. The van der Waals surface area contributed by atoms with Crippen molar-refractivity contribution in [2.45, 2.75) is 18.9 Å². The summed E-state index contributed by atoms with van der Waals surface area (Å²) in [6.07, 6.45) is 2.61. The van der Waals surface area contributed by atoms with Gasteiger partial charge >= 0.3 is 0 Å². The van der Waals surface area contributed by atoms with Gasteiger partial charge in [-0.2, -0.15) is 15.0 Å². The molecule has 11 nitrogen and oxygen atoms in total. The van der Waals surface area contributed by atoms with Crippen LogP contribution < -0.4 is 21.3 Å². The van der Waals surface area contributed by atoms with Crippen molar-refractivity contribution in [3.8, 4) is 0 Å². The van der Waals surface area contributed by atoms with E-state index in [1.807, 2.05) is 48.5 Å². The van der Waals surface area contributed by atoms with Crippen LogP contribution in [0.2, 0.25) is 0 Å². The van der Waals surface area contributed by atoms with Gasteiger partial charge in [0.2, 0.25) is 17.8 Å². The molecule has 0 fully saturated rings. The van der Waals surface area contributed by atoms with Crippen molar-refractivity contribution in [1.82, 2.24) is 25.3 Å². The molecule has 0 saturated carbocycles. The van der Waals surface area contributed by atoms with Crippen LogP contribution in [-0.2, 0) is 16.0 Å². The molecule has 11 heteroatoms. The summed E-state index contributed by atoms with van der Waals surface area (Å²) in [6.45, 7) is 3.78. The van der Waals surface area contributed by atoms with Crippen molar-refractivity contribution < 1.29 is 14.3 Å². The summed E-state index contributed by atoms with van der Waals surface area (Å²) in [7, 11) is 0. The van der Waals surface area contributed by atoms with Gasteiger partial charge in [0.25, 0.3) is 5.91 Å². The molecule has 0 unspecified atom stereocenters. The maximum Gasteiger partial charge on any atom is 0.251 e. The van der Waals surface area contributed by atoms with Crippen molar-refractivity contribution in [3.05, 3.63) is 138 Å². The molecule has 0 aliphatic rings. The van der Waals surface area contributed by atoms with Crippen LogP contribution in [0.25, 0.3) is 0 Å². The van der Waals surface area contributed by atoms with Crippen molar-refractivity contribution in [3.63, 3.8) is 0 Å². The number of nitrogens with zero attached hydrogens (tertiary/aromatic N) is 4. The summed E-state index contributed by atoms with van der Waals surface area (Å²) in [5.74, 6) is 1.47. The molecule has 0 aliphatic heterocycles. The number of anilines is 3. The second kappa shape index (κ2) is 19.3. The minimum Gasteiger partial charge on any atom is -0.377 e. The van der Waals surface area contributed by atoms with Gasteiger partial charge in [-0.1, -0.05) is 84.9 Å². The normalized spacial score (nSPS) is 10.9. The molecule has 48 heavy (non-hydrogen) atoms. The second-order valence-corrected chi connectivity index (χ2v) is 10.8. The van der Waals surface area contributed by atoms with Gasteiger partial charge in [0.15, 0.2) is 0 Å². The lowest BCUT2D eigenvalue weighted by atomic mass is 9.88. The molecule has 5 rings (SSSR count). The minimum atomic E-state index is -0.114. The van der Waals surface area contributed by atoms with Crippen LogP contribution in [0.4, 0.5) is 17.8 Å². The number of benzene rings is 3. The van der Waals surface area contributed by atoms with Crippen LogP contribution in [0.5, 0.6) is 0 Å². The lowest BCUT2D eigenvalue weighted by molar-refractivity contribution is 0.0519. The van der Waals surface area contributed by atoms with Gasteiger partial charge in [-0.25, -0.2) is 0 Å². The fourth-order valence-corrected chi connectivity index (χ4v) is 5.00. The average molecular weight is 647 g/mol. The molecule has 0 radical (unpaired) electrons. The van der Waals surface area contributed by atoms with E-state index in [0.717, 1.165) is 12.1 Å². The van der Waals surface area contributed by atoms with Crippen LogP contribution in [0, 0.1) is 0 Å². The molecular weight excluding hydrogens is 604 g/mol. The predicted molar refractivity (Wildman–Crippen MR) is 188 cm³/mol. The van der Waals surface area contributed by atoms with Gasteiger partial charge < -0.3 is 30.7 Å². The number of hydrogen-bond acceptors (Lipinski definition) is 10. The molecule has 0 saturated heterocycles. The van der Waals surface area contributed by atoms with E-state index in [-0.39, 0.29) is 11.8 Å². The third kappa shape index (κ3) is 11.4. The van der Waals surface area contributed by atoms with Crippen LogP contribution in [0.15, 0.2) is 115 Å². The maximum absolute atomic E-state index is 12.1. The number of carbonyl (C=O) groups is 1. The van der Waals surface area contributed by atoms with E-state index in [4.69, 9.17) is 9.47 Å². The minimum absolute atomic E-state index is 0.114. The molecule has 0 aliphatic carbocycles. The number of nitrogens with one attached hydrogen (secondary N) is 4. The summed E-state index contributed by atoms with van der Waals surface area (Å²) in [5, 5.41) is 12.8. The van der Waals surface area contributed by atoms with Gasteiger partial charge in [0.05, 0.1) is 38.7 Å². The molecule has 5 aromatic rings. The smallest absolute Gasteiger partial charge is 0.251 e. The Balaban J connectivity index is 1.08. The predicted octanol–water partition coefficient (Wildman–Crippen LogP) is 5.39. The zero-order valence-corrected chi connectivity index (χ0v) is 26.9. The first-order valence-corrected chi connectivity index (χ1v) is 16.2. The Kier molecular flexibility index (Phi) is 13.7. The molecule has 3 aromatic carbocycles. The van der Waals surface area contributed by atoms with E-state index in [2.05, 4.69) is 89.7 Å². The molecule has 248 valence electrons. The number of ether oxygens (including phenoxy) is 2. The van der Waals surface area contributed by atoms with E-state index >= 15 is 0 Å². The number of hydrogen-bond donors (Lipinski definition) is 4. The lowest BCUT2D eigenvalue weighted by Crippen LogP contribution is -2.27. The van der Waals surface area contributed by atoms with Crippen LogP contribution in [0.1, 0.15) is 39.5 Å². The van der Waals surface area contributed by atoms with Crippen LogP contribution in [-0.4, -0.2) is 71.9 Å². The van der Waals surface area contributed by atoms with E-state index in [1.165, 1.54) is 11.1 Å². The molecular formula is C37H42N8O3. The largest absolute Gasteiger partial charge is 0.377 e. The summed E-state index contributed by atoms with van der Waals surface area (Å²) in [5.41, 5.74) is 4.04. The molecule has 0 spiro atoms. The maximum atomic E-state index is 12.1. The monoisotopic (exact) mass is 646 g/mol. The summed E-state index contributed by atoms with van der Waals surface area (Å²) < 4.78 is 11.3. The van der Waals surface area contributed by atoms with E-state index in [1.54, 1.807) is 18.3 Å². The highest BCUT2D eigenvalue weighted by atomic mass is 16.5. The highest BCUT2D eigenvalue weighted by Gasteiger charge is 2.14. The fraction of sp³-hybridized carbons (Fsp3) is 0.270. The fourth-order valence-electron chi connectivity index (χ4n) is 5.00. The molecule has 0 atom stereocenters. The van der Waals surface area contributed by atoms with Crippen molar-refractivity contribution in [1.29, 1.82) is 0 Å². The van der Waals surface area contributed by atoms with E-state index in [0.29, 0.717) is 76.0 Å². The number of amides is 1. The first-order valence-electron chi connectivity index (χ1n) is 16.2. The Morgan fingerprint density at radius 3 is 1.73 bits per heavy atom. The topological polar surface area (TPSA) is 135 Å². The first kappa shape index (κ1) is 34.0. The lowest BCUT2D eigenvalue weighted by Gasteiger charge is -2.19. The van der Waals surface area contributed by atoms with Crippen molar-refractivity contribution >= 4 is 23.8 Å². The second-order valence-electron chi connectivity index (χ2n) is 10.8. The third-order valence-electron chi connectivity index (χ3n) is 7.38. The summed E-state index contributed by atoms with van der Waals surface area (Å²) in [6, 6.07) is 36.0. The molecule has 2 heterocycles. The summed E-state index contributed by atoms with van der Waals surface area (Å²) >= 11 is 0. The first-order chi connectivity index (χ1) is 23.7. The van der Waals surface area contributed by atoms with Gasteiger partial charge in [0.1, 0.15) is 0 Å². The standard InChI is InChI=1S/C37H42N8O3/c46-34(31-16-8-3-9-17-31)39-22-24-47-26-27-48-25-23-41-36-43-35(44-37(45-36)42-28-32-18-10-11-20-38-32)40-21-19-33(29-12-4-1-5-13-29)30-14-6-2-7-15-30/h1-18,20,33H,19,21-28H2,(H,39,46)(H3,40,41,42,43,44,45). The number of carbonyl (C=O) groups excluding carboxylic acids is 1. The highest BCUT2D eigenvalue weighted by molar-refractivity contribution is 5.94. The Morgan fingerprint density at radius 1 is 0.583 bits per heavy atom. The van der Waals surface area contributed by atoms with E-state index < -0.39 is 0 Å². The number of pyridine rings is 1. The SMILES string of the molecule is O=C(NCCOCCOCCNc1nc(NCCC(c2ccccc2)c2ccccc2)nc(NCc2ccccn2)n1)c1ccccc1. The Bertz CT molecular complexity index is 1590. The van der Waals surface area contributed by atoms with Gasteiger partial charge in [0, 0.05) is 37.3 Å². The number of aromatic nitrogens is 4. The van der Waals surface area contributed by atoms with Gasteiger partial charge in [-0.15, -0.1) is 0 Å². The highest BCUT2D eigenvalue weighted by Crippen LogP contribution is 2.27. The quantitative estimate of drug-likeness (QED) is 0.0816. The number of rotatable bonds is 20. The molecule has 0 bridgehead atoms. The zero-order valence-electron chi connectivity index (χ0n) is 26.9. The Labute approximate surface area is 281 Å². The van der Waals surface area contributed by atoms with Crippen molar-refractivity contribution in [2.75, 3.05) is 62.0 Å². The van der Waals surface area contributed by atoms with Gasteiger partial charge in [-0.05, 0) is 41.8 Å². The summed E-state index contributed by atoms with van der Waals surface area (Å²) in [4.78, 5) is 30.3. The molecule has 2 aromatic heterocycles. The average Bonchev–Trinajstić information content (AvgIpc) is 3.14. The molecule has 4 N–H and O–H groups in total. The van der Waals surface area contributed by atoms with Crippen molar-refractivity contribution in [2.24, 2.45) is 0 Å². The molecule has 1 amide bonds. The van der Waals surface area contributed by atoms with E-state index in [9.17, 15) is 4.79 Å². The van der Waals surface area contributed by atoms with Crippen LogP contribution in [0.3, 0.4) is 0 Å². The zero-order chi connectivity index (χ0) is 33.1. The van der Waals surface area contributed by atoms with Gasteiger partial charge in [-0.3, -0.25) is 9.78 Å². The Morgan fingerprint density at radius 2 is 1.12 bits per heavy atom. The van der Waals surface area contributed by atoms with Crippen LogP contribution >= 0.6 is 0 Å². The third-order valence-corrected chi connectivity index (χ3v) is 7.38.